The largest absolute Gasteiger partial charge is 0.340 e. The monoisotopic (exact) mass is 302 g/mol. The normalized spacial score (nSPS) is 19.7. The summed E-state index contributed by atoms with van der Waals surface area (Å²) in [5.41, 5.74) is 0.296. The molecule has 1 aliphatic rings. The summed E-state index contributed by atoms with van der Waals surface area (Å²) in [6, 6.07) is 1.85. The molecule has 0 bridgehead atoms. The Morgan fingerprint density at radius 1 is 1.53 bits per heavy atom. The fourth-order valence-corrected chi connectivity index (χ4v) is 2.64. The second-order valence-corrected chi connectivity index (χ2v) is 5.58. The molecule has 5 nitrogen and oxygen atoms in total. The molecule has 1 atom stereocenters. The van der Waals surface area contributed by atoms with Crippen LogP contribution in [0.3, 0.4) is 0 Å². The van der Waals surface area contributed by atoms with E-state index in [0.717, 1.165) is 13.0 Å². The first kappa shape index (κ1) is 14.5. The van der Waals surface area contributed by atoms with Crippen molar-refractivity contribution >= 4 is 29.1 Å². The fourth-order valence-electron chi connectivity index (χ4n) is 2.32. The summed E-state index contributed by atoms with van der Waals surface area (Å²) in [7, 11) is 3.84. The molecule has 0 spiro atoms. The maximum Gasteiger partial charge on any atom is 0.256 e. The molecule has 19 heavy (non-hydrogen) atoms. The number of carbonyl (C=O) groups is 1. The van der Waals surface area contributed by atoms with Crippen LogP contribution in [0.1, 0.15) is 23.2 Å². The molecule has 2 rings (SSSR count). The van der Waals surface area contributed by atoms with Crippen molar-refractivity contribution in [2.24, 2.45) is 0 Å². The highest BCUT2D eigenvalue weighted by molar-refractivity contribution is 6.34. The van der Waals surface area contributed by atoms with Crippen LogP contribution >= 0.6 is 23.2 Å². The number of halogens is 2. The van der Waals surface area contributed by atoms with Crippen LogP contribution in [0.5, 0.6) is 0 Å². The van der Waals surface area contributed by atoms with Crippen molar-refractivity contribution in [2.45, 2.75) is 18.9 Å². The second kappa shape index (κ2) is 6.03. The molecule has 1 saturated heterocycles. The van der Waals surface area contributed by atoms with E-state index in [0.29, 0.717) is 18.2 Å². The zero-order valence-electron chi connectivity index (χ0n) is 10.9. The van der Waals surface area contributed by atoms with Crippen molar-refractivity contribution in [3.63, 3.8) is 0 Å². The number of aromatic nitrogens is 2. The zero-order valence-corrected chi connectivity index (χ0v) is 12.4. The van der Waals surface area contributed by atoms with Crippen molar-refractivity contribution in [3.05, 3.63) is 21.9 Å². The maximum absolute atomic E-state index is 12.3. The Balaban J connectivity index is 2.08. The van der Waals surface area contributed by atoms with Crippen molar-refractivity contribution < 1.29 is 4.79 Å². The number of rotatable bonds is 3. The van der Waals surface area contributed by atoms with E-state index in [9.17, 15) is 4.79 Å². The van der Waals surface area contributed by atoms with Crippen LogP contribution in [-0.2, 0) is 0 Å². The number of likely N-dealkylation sites (tertiary alicyclic amines) is 1. The van der Waals surface area contributed by atoms with Crippen LogP contribution in [0.4, 0.5) is 0 Å². The molecule has 0 aliphatic carbocycles. The van der Waals surface area contributed by atoms with Gasteiger partial charge in [0.2, 0.25) is 0 Å². The highest BCUT2D eigenvalue weighted by Gasteiger charge is 2.25. The predicted molar refractivity (Wildman–Crippen MR) is 74.7 cm³/mol. The molecule has 0 aromatic carbocycles. The second-order valence-electron chi connectivity index (χ2n) is 4.83. The van der Waals surface area contributed by atoms with Gasteiger partial charge in [0, 0.05) is 19.6 Å². The van der Waals surface area contributed by atoms with Gasteiger partial charge in [-0.2, -0.15) is 0 Å². The highest BCUT2D eigenvalue weighted by Crippen LogP contribution is 2.19. The van der Waals surface area contributed by atoms with E-state index in [1.54, 1.807) is 11.9 Å². The summed E-state index contributed by atoms with van der Waals surface area (Å²) in [6.45, 7) is 1.75. The summed E-state index contributed by atoms with van der Waals surface area (Å²) in [6.07, 6.45) is 2.28. The summed E-state index contributed by atoms with van der Waals surface area (Å²) >= 11 is 11.6. The number of nitrogens with zero attached hydrogens (tertiary/aromatic N) is 4. The minimum absolute atomic E-state index is 0.0843. The lowest BCUT2D eigenvalue weighted by molar-refractivity contribution is 0.0761. The third-order valence-corrected chi connectivity index (χ3v) is 3.92. The minimum Gasteiger partial charge on any atom is -0.340 e. The molecule has 1 aliphatic heterocycles. The fraction of sp³-hybridized carbons (Fsp3) is 0.583. The number of amides is 1. The number of carbonyl (C=O) groups excluding carboxylic acids is 1. The smallest absolute Gasteiger partial charge is 0.256 e. The Bertz CT molecular complexity index is 483. The van der Waals surface area contributed by atoms with Crippen LogP contribution in [0.15, 0.2) is 6.07 Å². The molecule has 0 saturated carbocycles. The lowest BCUT2D eigenvalue weighted by Gasteiger charge is -2.26. The van der Waals surface area contributed by atoms with Gasteiger partial charge in [0.15, 0.2) is 10.3 Å². The third kappa shape index (κ3) is 3.35. The maximum atomic E-state index is 12.3. The van der Waals surface area contributed by atoms with Gasteiger partial charge in [-0.05, 0) is 32.5 Å². The summed E-state index contributed by atoms with van der Waals surface area (Å²) in [5.74, 6) is -0.179. The topological polar surface area (TPSA) is 49.3 Å². The Labute approximate surface area is 122 Å². The Hall–Kier alpha value is -0.910. The van der Waals surface area contributed by atoms with Gasteiger partial charge in [0.05, 0.1) is 5.56 Å². The Kier molecular flexibility index (Phi) is 4.60. The van der Waals surface area contributed by atoms with Crippen molar-refractivity contribution in [3.8, 4) is 0 Å². The quantitative estimate of drug-likeness (QED) is 0.856. The van der Waals surface area contributed by atoms with Crippen molar-refractivity contribution in [2.75, 3.05) is 27.2 Å². The van der Waals surface area contributed by atoms with Gasteiger partial charge in [-0.25, -0.2) is 0 Å². The SMILES string of the molecule is CN(CC1CCCN1C)C(=O)c1cc(Cl)nnc1Cl. The highest BCUT2D eigenvalue weighted by atomic mass is 35.5. The van der Waals surface area contributed by atoms with Gasteiger partial charge in [-0.1, -0.05) is 23.2 Å². The lowest BCUT2D eigenvalue weighted by atomic mass is 10.2. The molecule has 1 fully saturated rings. The molecule has 0 N–H and O–H groups in total. The summed E-state index contributed by atoms with van der Waals surface area (Å²) in [4.78, 5) is 16.2. The third-order valence-electron chi connectivity index (χ3n) is 3.45. The first-order valence-electron chi connectivity index (χ1n) is 6.13. The zero-order chi connectivity index (χ0) is 14.0. The Morgan fingerprint density at radius 3 is 2.89 bits per heavy atom. The molecule has 2 heterocycles. The van der Waals surface area contributed by atoms with Crippen LogP contribution in [-0.4, -0.2) is 59.1 Å². The predicted octanol–water partition coefficient (Wildman–Crippen LogP) is 1.95. The van der Waals surface area contributed by atoms with Gasteiger partial charge in [-0.3, -0.25) is 4.79 Å². The van der Waals surface area contributed by atoms with E-state index >= 15 is 0 Å². The van der Waals surface area contributed by atoms with Gasteiger partial charge in [-0.15, -0.1) is 10.2 Å². The van der Waals surface area contributed by atoms with Crippen LogP contribution in [0.25, 0.3) is 0 Å². The van der Waals surface area contributed by atoms with E-state index < -0.39 is 0 Å². The average molecular weight is 303 g/mol. The first-order valence-corrected chi connectivity index (χ1v) is 6.89. The van der Waals surface area contributed by atoms with E-state index in [1.807, 2.05) is 0 Å². The van der Waals surface area contributed by atoms with Gasteiger partial charge < -0.3 is 9.80 Å². The summed E-state index contributed by atoms with van der Waals surface area (Å²) < 4.78 is 0. The van der Waals surface area contributed by atoms with E-state index in [2.05, 4.69) is 22.1 Å². The van der Waals surface area contributed by atoms with Crippen LogP contribution in [0, 0.1) is 0 Å². The number of hydrogen-bond donors (Lipinski definition) is 0. The van der Waals surface area contributed by atoms with Gasteiger partial charge in [0.25, 0.3) is 5.91 Å². The molecule has 1 unspecified atom stereocenters. The molecule has 1 amide bonds. The standard InChI is InChI=1S/C12H16Cl2N4O/c1-17-5-3-4-8(17)7-18(2)12(19)9-6-10(13)15-16-11(9)14/h6,8H,3-5,7H2,1-2H3. The van der Waals surface area contributed by atoms with E-state index in [-0.39, 0.29) is 16.2 Å². The lowest BCUT2D eigenvalue weighted by Crippen LogP contribution is -2.39. The van der Waals surface area contributed by atoms with Crippen LogP contribution < -0.4 is 0 Å². The molecule has 1 aromatic heterocycles. The number of likely N-dealkylation sites (N-methyl/N-ethyl adjacent to an activating group) is 2. The molecular formula is C12H16Cl2N4O. The van der Waals surface area contributed by atoms with Crippen molar-refractivity contribution in [1.29, 1.82) is 0 Å². The van der Waals surface area contributed by atoms with Crippen molar-refractivity contribution in [1.82, 2.24) is 20.0 Å². The van der Waals surface area contributed by atoms with Crippen LogP contribution in [0.2, 0.25) is 10.3 Å². The number of hydrogen-bond acceptors (Lipinski definition) is 4. The average Bonchev–Trinajstić information content (AvgIpc) is 2.77. The summed E-state index contributed by atoms with van der Waals surface area (Å²) in [5, 5.41) is 7.51. The molecule has 7 heteroatoms. The van der Waals surface area contributed by atoms with E-state index in [4.69, 9.17) is 23.2 Å². The van der Waals surface area contributed by atoms with Gasteiger partial charge >= 0.3 is 0 Å². The Morgan fingerprint density at radius 2 is 2.26 bits per heavy atom. The molecular weight excluding hydrogens is 287 g/mol. The first-order chi connectivity index (χ1) is 8.99. The molecule has 0 radical (unpaired) electrons. The minimum atomic E-state index is -0.179. The molecule has 1 aromatic rings. The van der Waals surface area contributed by atoms with Gasteiger partial charge in [0.1, 0.15) is 0 Å². The molecule has 104 valence electrons. The van der Waals surface area contributed by atoms with E-state index in [1.165, 1.54) is 12.5 Å².